The van der Waals surface area contributed by atoms with Gasteiger partial charge in [0, 0.05) is 24.5 Å². The van der Waals surface area contributed by atoms with Gasteiger partial charge >= 0.3 is 0 Å². The average Bonchev–Trinajstić information content (AvgIpc) is 2.41. The number of nitrogens with one attached hydrogen (secondary N) is 1. The van der Waals surface area contributed by atoms with Crippen LogP contribution in [0.1, 0.15) is 26.7 Å². The summed E-state index contributed by atoms with van der Waals surface area (Å²) in [6.07, 6.45) is 5.79. The fourth-order valence-electron chi connectivity index (χ4n) is 2.36. The molecule has 0 aliphatic carbocycles. The van der Waals surface area contributed by atoms with Gasteiger partial charge in [-0.05, 0) is 56.0 Å². The normalized spacial score (nSPS) is 16.8. The van der Waals surface area contributed by atoms with Gasteiger partial charge in [0.1, 0.15) is 0 Å². The van der Waals surface area contributed by atoms with Crippen LogP contribution in [0.3, 0.4) is 0 Å². The standard InChI is InChI=1S/C16H22N2O/c1-3-4-16(19)17-14-5-7-15(8-6-14)18-11-9-13(2)10-12-18/h3-8,13H,9-12H2,1-2H3,(H,17,19)/b4-3+. The van der Waals surface area contributed by atoms with Gasteiger partial charge in [-0.3, -0.25) is 4.79 Å². The number of piperidine rings is 1. The predicted molar refractivity (Wildman–Crippen MR) is 80.5 cm³/mol. The van der Waals surface area contributed by atoms with E-state index in [1.807, 2.05) is 19.1 Å². The lowest BCUT2D eigenvalue weighted by atomic mass is 9.99. The Morgan fingerprint density at radius 2 is 1.89 bits per heavy atom. The van der Waals surface area contributed by atoms with Crippen LogP contribution in [0.5, 0.6) is 0 Å². The number of anilines is 2. The van der Waals surface area contributed by atoms with E-state index < -0.39 is 0 Å². The van der Waals surface area contributed by atoms with Crippen LogP contribution >= 0.6 is 0 Å². The third-order valence-electron chi connectivity index (χ3n) is 3.60. The van der Waals surface area contributed by atoms with Crippen molar-refractivity contribution >= 4 is 17.3 Å². The van der Waals surface area contributed by atoms with Gasteiger partial charge in [-0.1, -0.05) is 13.0 Å². The van der Waals surface area contributed by atoms with E-state index in [4.69, 9.17) is 0 Å². The number of allylic oxidation sites excluding steroid dienone is 1. The van der Waals surface area contributed by atoms with Gasteiger partial charge < -0.3 is 10.2 Å². The smallest absolute Gasteiger partial charge is 0.248 e. The first-order chi connectivity index (χ1) is 9.19. The van der Waals surface area contributed by atoms with E-state index in [2.05, 4.69) is 29.3 Å². The molecule has 0 atom stereocenters. The molecular weight excluding hydrogens is 236 g/mol. The van der Waals surface area contributed by atoms with Crippen molar-refractivity contribution in [1.82, 2.24) is 0 Å². The zero-order valence-electron chi connectivity index (χ0n) is 11.7. The molecule has 1 saturated heterocycles. The largest absolute Gasteiger partial charge is 0.372 e. The monoisotopic (exact) mass is 258 g/mol. The van der Waals surface area contributed by atoms with Crippen molar-refractivity contribution in [3.05, 3.63) is 36.4 Å². The molecule has 1 amide bonds. The number of rotatable bonds is 3. The molecule has 0 saturated carbocycles. The van der Waals surface area contributed by atoms with Gasteiger partial charge in [-0.2, -0.15) is 0 Å². The minimum Gasteiger partial charge on any atom is -0.372 e. The summed E-state index contributed by atoms with van der Waals surface area (Å²) < 4.78 is 0. The van der Waals surface area contributed by atoms with Gasteiger partial charge in [-0.25, -0.2) is 0 Å². The lowest BCUT2D eigenvalue weighted by molar-refractivity contribution is -0.111. The summed E-state index contributed by atoms with van der Waals surface area (Å²) in [4.78, 5) is 13.8. The molecule has 1 aliphatic rings. The van der Waals surface area contributed by atoms with Gasteiger partial charge in [0.15, 0.2) is 0 Å². The third kappa shape index (κ3) is 3.85. The number of carbonyl (C=O) groups excluding carboxylic acids is 1. The molecule has 3 nitrogen and oxygen atoms in total. The van der Waals surface area contributed by atoms with Crippen molar-refractivity contribution in [2.75, 3.05) is 23.3 Å². The Hall–Kier alpha value is -1.77. The van der Waals surface area contributed by atoms with Crippen LogP contribution in [0.25, 0.3) is 0 Å². The lowest BCUT2D eigenvalue weighted by Gasteiger charge is -2.32. The minimum absolute atomic E-state index is 0.0814. The summed E-state index contributed by atoms with van der Waals surface area (Å²) in [7, 11) is 0. The van der Waals surface area contributed by atoms with Crippen LogP contribution in [-0.4, -0.2) is 19.0 Å². The van der Waals surface area contributed by atoms with Crippen molar-refractivity contribution in [2.24, 2.45) is 5.92 Å². The molecule has 1 fully saturated rings. The highest BCUT2D eigenvalue weighted by molar-refractivity contribution is 5.99. The second-order valence-electron chi connectivity index (χ2n) is 5.21. The van der Waals surface area contributed by atoms with E-state index in [-0.39, 0.29) is 5.91 Å². The Morgan fingerprint density at radius 3 is 2.47 bits per heavy atom. The summed E-state index contributed by atoms with van der Waals surface area (Å²) in [6, 6.07) is 8.10. The van der Waals surface area contributed by atoms with Gasteiger partial charge in [0.05, 0.1) is 0 Å². The van der Waals surface area contributed by atoms with Crippen molar-refractivity contribution in [1.29, 1.82) is 0 Å². The molecule has 19 heavy (non-hydrogen) atoms. The van der Waals surface area contributed by atoms with Gasteiger partial charge in [0.25, 0.3) is 0 Å². The van der Waals surface area contributed by atoms with E-state index in [1.165, 1.54) is 24.6 Å². The number of hydrogen-bond acceptors (Lipinski definition) is 2. The number of nitrogens with zero attached hydrogens (tertiary/aromatic N) is 1. The maximum absolute atomic E-state index is 11.4. The van der Waals surface area contributed by atoms with E-state index in [1.54, 1.807) is 6.08 Å². The molecule has 1 heterocycles. The highest BCUT2D eigenvalue weighted by atomic mass is 16.1. The maximum Gasteiger partial charge on any atom is 0.248 e. The van der Waals surface area contributed by atoms with Crippen LogP contribution in [0.2, 0.25) is 0 Å². The fraction of sp³-hybridized carbons (Fsp3) is 0.438. The molecular formula is C16H22N2O. The van der Waals surface area contributed by atoms with Crippen LogP contribution in [-0.2, 0) is 4.79 Å². The Morgan fingerprint density at radius 1 is 1.26 bits per heavy atom. The first kappa shape index (κ1) is 13.7. The maximum atomic E-state index is 11.4. The molecule has 0 bridgehead atoms. The Labute approximate surface area is 115 Å². The molecule has 1 N–H and O–H groups in total. The number of benzene rings is 1. The van der Waals surface area contributed by atoms with Crippen LogP contribution in [0.15, 0.2) is 36.4 Å². The van der Waals surface area contributed by atoms with Crippen LogP contribution in [0.4, 0.5) is 11.4 Å². The zero-order chi connectivity index (χ0) is 13.7. The highest BCUT2D eigenvalue weighted by Gasteiger charge is 2.15. The molecule has 0 radical (unpaired) electrons. The minimum atomic E-state index is -0.0814. The summed E-state index contributed by atoms with van der Waals surface area (Å²) in [5.41, 5.74) is 2.09. The number of amides is 1. The third-order valence-corrected chi connectivity index (χ3v) is 3.60. The summed E-state index contributed by atoms with van der Waals surface area (Å²) >= 11 is 0. The van der Waals surface area contributed by atoms with Crippen molar-refractivity contribution in [2.45, 2.75) is 26.7 Å². The van der Waals surface area contributed by atoms with E-state index in [0.717, 1.165) is 24.7 Å². The lowest BCUT2D eigenvalue weighted by Crippen LogP contribution is -2.32. The first-order valence-electron chi connectivity index (χ1n) is 6.97. The fourth-order valence-corrected chi connectivity index (χ4v) is 2.36. The van der Waals surface area contributed by atoms with E-state index >= 15 is 0 Å². The first-order valence-corrected chi connectivity index (χ1v) is 6.97. The molecule has 1 aromatic carbocycles. The molecule has 0 unspecified atom stereocenters. The van der Waals surface area contributed by atoms with Gasteiger partial charge in [-0.15, -0.1) is 0 Å². The van der Waals surface area contributed by atoms with Gasteiger partial charge in [0.2, 0.25) is 5.91 Å². The Balaban J connectivity index is 1.96. The van der Waals surface area contributed by atoms with Crippen molar-refractivity contribution in [3.8, 4) is 0 Å². The molecule has 0 spiro atoms. The number of carbonyl (C=O) groups is 1. The van der Waals surface area contributed by atoms with Crippen LogP contribution < -0.4 is 10.2 Å². The molecule has 1 aromatic rings. The molecule has 3 heteroatoms. The molecule has 2 rings (SSSR count). The molecule has 102 valence electrons. The van der Waals surface area contributed by atoms with Crippen molar-refractivity contribution < 1.29 is 4.79 Å². The molecule has 0 aromatic heterocycles. The average molecular weight is 258 g/mol. The molecule has 1 aliphatic heterocycles. The SMILES string of the molecule is C/C=C/C(=O)Nc1ccc(N2CCC(C)CC2)cc1. The van der Waals surface area contributed by atoms with Crippen molar-refractivity contribution in [3.63, 3.8) is 0 Å². The van der Waals surface area contributed by atoms with E-state index in [9.17, 15) is 4.79 Å². The Bertz CT molecular complexity index is 442. The second kappa shape index (κ2) is 6.41. The number of hydrogen-bond donors (Lipinski definition) is 1. The van der Waals surface area contributed by atoms with Crippen LogP contribution in [0, 0.1) is 5.92 Å². The summed E-state index contributed by atoms with van der Waals surface area (Å²) in [5, 5.41) is 2.84. The topological polar surface area (TPSA) is 32.3 Å². The summed E-state index contributed by atoms with van der Waals surface area (Å²) in [6.45, 7) is 6.41. The zero-order valence-corrected chi connectivity index (χ0v) is 11.7. The Kier molecular flexibility index (Phi) is 4.61. The quantitative estimate of drug-likeness (QED) is 0.842. The summed E-state index contributed by atoms with van der Waals surface area (Å²) in [5.74, 6) is 0.762. The predicted octanol–water partition coefficient (Wildman–Crippen LogP) is 3.44. The highest BCUT2D eigenvalue weighted by Crippen LogP contribution is 2.24. The second-order valence-corrected chi connectivity index (χ2v) is 5.21. The van der Waals surface area contributed by atoms with E-state index in [0.29, 0.717) is 0 Å².